The summed E-state index contributed by atoms with van der Waals surface area (Å²) < 4.78 is 21.2. The van der Waals surface area contributed by atoms with Crippen molar-refractivity contribution in [1.82, 2.24) is 14.5 Å². The van der Waals surface area contributed by atoms with Gasteiger partial charge in [0.05, 0.1) is 12.7 Å². The number of benzene rings is 1. The fourth-order valence-electron chi connectivity index (χ4n) is 4.18. The molecule has 144 valence electrons. The Labute approximate surface area is 159 Å². The van der Waals surface area contributed by atoms with E-state index in [0.29, 0.717) is 18.8 Å². The number of amides is 1. The van der Waals surface area contributed by atoms with Gasteiger partial charge in [-0.05, 0) is 49.8 Å². The molecule has 6 heteroatoms. The lowest BCUT2D eigenvalue weighted by Gasteiger charge is -2.34. The third-order valence-corrected chi connectivity index (χ3v) is 5.89. The van der Waals surface area contributed by atoms with Gasteiger partial charge in [-0.1, -0.05) is 6.42 Å². The van der Waals surface area contributed by atoms with Gasteiger partial charge >= 0.3 is 0 Å². The van der Waals surface area contributed by atoms with Crippen LogP contribution in [-0.4, -0.2) is 40.6 Å². The van der Waals surface area contributed by atoms with Crippen molar-refractivity contribution in [2.24, 2.45) is 5.92 Å². The maximum Gasteiger partial charge on any atom is 0.257 e. The van der Waals surface area contributed by atoms with Crippen LogP contribution in [0.5, 0.6) is 5.75 Å². The molecule has 1 saturated heterocycles. The maximum atomic E-state index is 13.7. The van der Waals surface area contributed by atoms with E-state index in [0.717, 1.165) is 31.1 Å². The van der Waals surface area contributed by atoms with E-state index < -0.39 is 5.82 Å². The van der Waals surface area contributed by atoms with Crippen LogP contribution in [0.25, 0.3) is 0 Å². The Morgan fingerprint density at radius 2 is 2.15 bits per heavy atom. The number of halogens is 1. The standard InChI is InChI=1S/C21H26FN3O2/c1-27-19-8-7-17(22)12-18(19)21(26)25-10-3-6-16(14-25)20-23-9-11-24(20)13-15-4-2-5-15/h7-9,11-12,15-16H,2-6,10,13-14H2,1H3/t16-/m1/s1. The van der Waals surface area contributed by atoms with E-state index in [1.807, 2.05) is 11.1 Å². The molecule has 4 rings (SSSR count). The minimum absolute atomic E-state index is 0.173. The first kappa shape index (κ1) is 18.0. The molecular weight excluding hydrogens is 345 g/mol. The SMILES string of the molecule is COc1ccc(F)cc1C(=O)N1CCC[C@@H](c2nccn2CC2CCC2)C1. The molecule has 1 aliphatic carbocycles. The van der Waals surface area contributed by atoms with Crippen LogP contribution in [0.3, 0.4) is 0 Å². The molecule has 1 saturated carbocycles. The number of aromatic nitrogens is 2. The van der Waals surface area contributed by atoms with Gasteiger partial charge in [0, 0.05) is 37.9 Å². The van der Waals surface area contributed by atoms with Crippen molar-refractivity contribution in [3.8, 4) is 5.75 Å². The molecule has 1 aliphatic heterocycles. The normalized spacial score (nSPS) is 20.4. The monoisotopic (exact) mass is 371 g/mol. The van der Waals surface area contributed by atoms with Gasteiger partial charge in [-0.25, -0.2) is 9.37 Å². The Morgan fingerprint density at radius 3 is 2.89 bits per heavy atom. The van der Waals surface area contributed by atoms with E-state index in [9.17, 15) is 9.18 Å². The van der Waals surface area contributed by atoms with E-state index in [4.69, 9.17) is 4.74 Å². The summed E-state index contributed by atoms with van der Waals surface area (Å²) >= 11 is 0. The number of hydrogen-bond acceptors (Lipinski definition) is 3. The van der Waals surface area contributed by atoms with Crippen LogP contribution < -0.4 is 4.74 Å². The van der Waals surface area contributed by atoms with Gasteiger partial charge < -0.3 is 14.2 Å². The highest BCUT2D eigenvalue weighted by atomic mass is 19.1. The molecule has 1 aromatic carbocycles. The van der Waals surface area contributed by atoms with Gasteiger partial charge in [0.15, 0.2) is 0 Å². The Hall–Kier alpha value is -2.37. The van der Waals surface area contributed by atoms with Gasteiger partial charge in [0.1, 0.15) is 17.4 Å². The molecule has 5 nitrogen and oxygen atoms in total. The van der Waals surface area contributed by atoms with Gasteiger partial charge in [-0.2, -0.15) is 0 Å². The number of nitrogens with zero attached hydrogens (tertiary/aromatic N) is 3. The minimum Gasteiger partial charge on any atom is -0.496 e. The van der Waals surface area contributed by atoms with Crippen molar-refractivity contribution in [3.05, 3.63) is 47.8 Å². The summed E-state index contributed by atoms with van der Waals surface area (Å²) in [6.45, 7) is 2.32. The molecule has 2 aliphatic rings. The molecule has 2 fully saturated rings. The smallest absolute Gasteiger partial charge is 0.257 e. The minimum atomic E-state index is -0.427. The van der Waals surface area contributed by atoms with E-state index in [2.05, 4.69) is 15.7 Å². The molecule has 0 spiro atoms. The lowest BCUT2D eigenvalue weighted by molar-refractivity contribution is 0.0698. The Kier molecular flexibility index (Phi) is 5.14. The summed E-state index contributed by atoms with van der Waals surface area (Å²) in [6.07, 6.45) is 9.79. The molecule has 27 heavy (non-hydrogen) atoms. The highest BCUT2D eigenvalue weighted by molar-refractivity contribution is 5.97. The largest absolute Gasteiger partial charge is 0.496 e. The fraction of sp³-hybridized carbons (Fsp3) is 0.524. The molecule has 0 radical (unpaired) electrons. The average Bonchev–Trinajstić information content (AvgIpc) is 3.12. The van der Waals surface area contributed by atoms with Crippen molar-refractivity contribution in [1.29, 1.82) is 0 Å². The summed E-state index contributed by atoms with van der Waals surface area (Å²) in [5.41, 5.74) is 0.288. The lowest BCUT2D eigenvalue weighted by atomic mass is 9.85. The molecular formula is C21H26FN3O2. The zero-order chi connectivity index (χ0) is 18.8. The number of rotatable bonds is 5. The summed E-state index contributed by atoms with van der Waals surface area (Å²) in [5.74, 6) is 1.87. The highest BCUT2D eigenvalue weighted by Gasteiger charge is 2.30. The van der Waals surface area contributed by atoms with Crippen LogP contribution in [0.15, 0.2) is 30.6 Å². The van der Waals surface area contributed by atoms with Crippen LogP contribution in [0, 0.1) is 11.7 Å². The van der Waals surface area contributed by atoms with Crippen molar-refractivity contribution in [2.45, 2.75) is 44.6 Å². The molecule has 1 atom stereocenters. The molecule has 1 aromatic heterocycles. The van der Waals surface area contributed by atoms with Gasteiger partial charge in [0.2, 0.25) is 0 Å². The van der Waals surface area contributed by atoms with Gasteiger partial charge in [-0.3, -0.25) is 4.79 Å². The maximum absolute atomic E-state index is 13.7. The Bertz CT molecular complexity index is 816. The number of imidazole rings is 1. The third kappa shape index (κ3) is 3.70. The Balaban J connectivity index is 1.51. The topological polar surface area (TPSA) is 47.4 Å². The second-order valence-electron chi connectivity index (χ2n) is 7.67. The summed E-state index contributed by atoms with van der Waals surface area (Å²) in [6, 6.07) is 4.09. The van der Waals surface area contributed by atoms with Gasteiger partial charge in [0.25, 0.3) is 5.91 Å². The van der Waals surface area contributed by atoms with E-state index in [-0.39, 0.29) is 17.4 Å². The first-order valence-electron chi connectivity index (χ1n) is 9.79. The van der Waals surface area contributed by atoms with Gasteiger partial charge in [-0.15, -0.1) is 0 Å². The number of piperidine rings is 1. The van der Waals surface area contributed by atoms with E-state index in [1.54, 1.807) is 0 Å². The third-order valence-electron chi connectivity index (χ3n) is 5.89. The van der Waals surface area contributed by atoms with Crippen molar-refractivity contribution < 1.29 is 13.9 Å². The van der Waals surface area contributed by atoms with Crippen LogP contribution >= 0.6 is 0 Å². The lowest BCUT2D eigenvalue weighted by Crippen LogP contribution is -2.40. The molecule has 0 bridgehead atoms. The predicted octanol–water partition coefficient (Wildman–Crippen LogP) is 3.85. The first-order chi connectivity index (χ1) is 13.2. The fourth-order valence-corrected chi connectivity index (χ4v) is 4.18. The zero-order valence-corrected chi connectivity index (χ0v) is 15.7. The number of ether oxygens (including phenoxy) is 1. The zero-order valence-electron chi connectivity index (χ0n) is 15.7. The second kappa shape index (κ2) is 7.71. The number of likely N-dealkylation sites (tertiary alicyclic amines) is 1. The molecule has 1 amide bonds. The van der Waals surface area contributed by atoms with Crippen LogP contribution in [0.4, 0.5) is 4.39 Å². The quantitative estimate of drug-likeness (QED) is 0.802. The highest BCUT2D eigenvalue weighted by Crippen LogP contribution is 2.32. The summed E-state index contributed by atoms with van der Waals surface area (Å²) in [4.78, 5) is 19.4. The van der Waals surface area contributed by atoms with Crippen LogP contribution in [0.2, 0.25) is 0 Å². The number of methoxy groups -OCH3 is 1. The first-order valence-corrected chi connectivity index (χ1v) is 9.79. The van der Waals surface area contributed by atoms with E-state index >= 15 is 0 Å². The number of hydrogen-bond donors (Lipinski definition) is 0. The number of carbonyl (C=O) groups is 1. The average molecular weight is 371 g/mol. The predicted molar refractivity (Wildman–Crippen MR) is 100 cm³/mol. The van der Waals surface area contributed by atoms with Crippen LogP contribution in [0.1, 0.15) is 54.2 Å². The summed E-state index contributed by atoms with van der Waals surface area (Å²) in [7, 11) is 1.50. The molecule has 2 heterocycles. The van der Waals surface area contributed by atoms with Crippen molar-refractivity contribution in [2.75, 3.05) is 20.2 Å². The molecule has 2 aromatic rings. The summed E-state index contributed by atoms with van der Waals surface area (Å²) in [5, 5.41) is 0. The van der Waals surface area contributed by atoms with Crippen LogP contribution in [-0.2, 0) is 6.54 Å². The molecule has 0 unspecified atom stereocenters. The van der Waals surface area contributed by atoms with Crippen molar-refractivity contribution in [3.63, 3.8) is 0 Å². The van der Waals surface area contributed by atoms with E-state index in [1.165, 1.54) is 44.6 Å². The Morgan fingerprint density at radius 1 is 1.30 bits per heavy atom. The number of carbonyl (C=O) groups excluding carboxylic acids is 1. The molecule has 0 N–H and O–H groups in total. The van der Waals surface area contributed by atoms with Crippen molar-refractivity contribution >= 4 is 5.91 Å². The second-order valence-corrected chi connectivity index (χ2v) is 7.67.